The zero-order valence-corrected chi connectivity index (χ0v) is 9.53. The SMILES string of the molecule is CC(=O)NCCNC(=O)C1CC2C=CC1C2. The second-order valence-corrected chi connectivity index (χ2v) is 4.66. The molecule has 2 bridgehead atoms. The molecule has 3 unspecified atom stereocenters. The summed E-state index contributed by atoms with van der Waals surface area (Å²) in [5.41, 5.74) is 0. The molecule has 1 fully saturated rings. The summed E-state index contributed by atoms with van der Waals surface area (Å²) in [4.78, 5) is 22.4. The van der Waals surface area contributed by atoms with Gasteiger partial charge in [-0.05, 0) is 24.7 Å². The molecule has 0 radical (unpaired) electrons. The Morgan fingerprint density at radius 1 is 1.19 bits per heavy atom. The molecule has 0 aliphatic heterocycles. The Morgan fingerprint density at radius 2 is 1.94 bits per heavy atom. The van der Waals surface area contributed by atoms with E-state index in [1.165, 1.54) is 6.92 Å². The van der Waals surface area contributed by atoms with Gasteiger partial charge in [0.15, 0.2) is 0 Å². The monoisotopic (exact) mass is 222 g/mol. The van der Waals surface area contributed by atoms with Crippen LogP contribution in [0.25, 0.3) is 0 Å². The highest BCUT2D eigenvalue weighted by Crippen LogP contribution is 2.43. The fraction of sp³-hybridized carbons (Fsp3) is 0.667. The van der Waals surface area contributed by atoms with Crippen molar-refractivity contribution in [3.8, 4) is 0 Å². The van der Waals surface area contributed by atoms with E-state index in [1.807, 2.05) is 0 Å². The van der Waals surface area contributed by atoms with Crippen LogP contribution in [0.5, 0.6) is 0 Å². The minimum Gasteiger partial charge on any atom is -0.355 e. The van der Waals surface area contributed by atoms with Gasteiger partial charge in [-0.3, -0.25) is 9.59 Å². The molecule has 0 aromatic heterocycles. The van der Waals surface area contributed by atoms with Gasteiger partial charge in [0.1, 0.15) is 0 Å². The first kappa shape index (κ1) is 11.2. The Labute approximate surface area is 95.5 Å². The molecule has 0 heterocycles. The molecule has 2 amide bonds. The Kier molecular flexibility index (Phi) is 3.27. The predicted octanol–water partition coefficient (Wildman–Crippen LogP) is 0.451. The van der Waals surface area contributed by atoms with Gasteiger partial charge in [-0.15, -0.1) is 0 Å². The lowest BCUT2D eigenvalue weighted by molar-refractivity contribution is -0.126. The van der Waals surface area contributed by atoms with Crippen molar-refractivity contribution in [1.29, 1.82) is 0 Å². The van der Waals surface area contributed by atoms with E-state index in [0.29, 0.717) is 24.9 Å². The minimum atomic E-state index is -0.0582. The third-order valence-corrected chi connectivity index (χ3v) is 3.41. The Balaban J connectivity index is 1.69. The van der Waals surface area contributed by atoms with Crippen molar-refractivity contribution in [3.63, 3.8) is 0 Å². The molecule has 0 aromatic rings. The average molecular weight is 222 g/mol. The van der Waals surface area contributed by atoms with E-state index in [1.54, 1.807) is 0 Å². The first-order valence-electron chi connectivity index (χ1n) is 5.87. The number of allylic oxidation sites excluding steroid dienone is 2. The number of nitrogens with one attached hydrogen (secondary N) is 2. The third kappa shape index (κ3) is 2.43. The van der Waals surface area contributed by atoms with Gasteiger partial charge in [0, 0.05) is 25.9 Å². The summed E-state index contributed by atoms with van der Waals surface area (Å²) in [7, 11) is 0. The van der Waals surface area contributed by atoms with Gasteiger partial charge < -0.3 is 10.6 Å². The highest BCUT2D eigenvalue weighted by molar-refractivity contribution is 5.80. The maximum absolute atomic E-state index is 11.8. The molecule has 2 rings (SSSR count). The Morgan fingerprint density at radius 3 is 2.50 bits per heavy atom. The first-order valence-corrected chi connectivity index (χ1v) is 5.87. The summed E-state index contributed by atoms with van der Waals surface area (Å²) in [5.74, 6) is 1.31. The maximum Gasteiger partial charge on any atom is 0.223 e. The molecular formula is C12H18N2O2. The second kappa shape index (κ2) is 4.68. The molecule has 0 saturated heterocycles. The second-order valence-electron chi connectivity index (χ2n) is 4.66. The number of rotatable bonds is 4. The average Bonchev–Trinajstić information content (AvgIpc) is 2.85. The van der Waals surface area contributed by atoms with Crippen LogP contribution in [0.3, 0.4) is 0 Å². The van der Waals surface area contributed by atoms with E-state index in [4.69, 9.17) is 0 Å². The van der Waals surface area contributed by atoms with Gasteiger partial charge in [0.25, 0.3) is 0 Å². The van der Waals surface area contributed by atoms with Gasteiger partial charge in [-0.1, -0.05) is 12.2 Å². The largest absolute Gasteiger partial charge is 0.355 e. The molecule has 2 aliphatic rings. The highest BCUT2D eigenvalue weighted by atomic mass is 16.2. The van der Waals surface area contributed by atoms with Crippen molar-refractivity contribution in [2.75, 3.05) is 13.1 Å². The summed E-state index contributed by atoms with van der Waals surface area (Å²) in [6, 6.07) is 0. The van der Waals surface area contributed by atoms with Crippen molar-refractivity contribution in [2.45, 2.75) is 19.8 Å². The molecule has 3 atom stereocenters. The van der Waals surface area contributed by atoms with E-state index in [-0.39, 0.29) is 17.7 Å². The summed E-state index contributed by atoms with van der Waals surface area (Å²) in [6.45, 7) is 2.51. The van der Waals surface area contributed by atoms with E-state index in [0.717, 1.165) is 12.8 Å². The quantitative estimate of drug-likeness (QED) is 0.536. The topological polar surface area (TPSA) is 58.2 Å². The smallest absolute Gasteiger partial charge is 0.223 e. The van der Waals surface area contributed by atoms with Crippen LogP contribution in [0, 0.1) is 17.8 Å². The first-order chi connectivity index (χ1) is 7.66. The number of hydrogen-bond acceptors (Lipinski definition) is 2. The lowest BCUT2D eigenvalue weighted by Gasteiger charge is -2.17. The van der Waals surface area contributed by atoms with Crippen LogP contribution >= 0.6 is 0 Å². The number of hydrogen-bond donors (Lipinski definition) is 2. The number of carbonyl (C=O) groups excluding carboxylic acids is 2. The van der Waals surface area contributed by atoms with Crippen molar-refractivity contribution in [1.82, 2.24) is 10.6 Å². The molecule has 4 heteroatoms. The number of fused-ring (bicyclic) bond motifs is 2. The van der Waals surface area contributed by atoms with Crippen LogP contribution < -0.4 is 10.6 Å². The summed E-state index contributed by atoms with van der Waals surface area (Å²) >= 11 is 0. The van der Waals surface area contributed by atoms with E-state index >= 15 is 0 Å². The lowest BCUT2D eigenvalue weighted by Crippen LogP contribution is -2.38. The van der Waals surface area contributed by atoms with Crippen LogP contribution in [0.2, 0.25) is 0 Å². The summed E-state index contributed by atoms with van der Waals surface area (Å²) in [5, 5.41) is 5.54. The summed E-state index contributed by atoms with van der Waals surface area (Å²) < 4.78 is 0. The number of amides is 2. The van der Waals surface area contributed by atoms with Crippen LogP contribution in [0.4, 0.5) is 0 Å². The molecule has 2 aliphatic carbocycles. The normalized spacial score (nSPS) is 30.4. The zero-order chi connectivity index (χ0) is 11.5. The van der Waals surface area contributed by atoms with Crippen molar-refractivity contribution in [3.05, 3.63) is 12.2 Å². The Hall–Kier alpha value is -1.32. The summed E-state index contributed by atoms with van der Waals surface area (Å²) in [6.07, 6.45) is 6.54. The van der Waals surface area contributed by atoms with E-state index in [2.05, 4.69) is 22.8 Å². The van der Waals surface area contributed by atoms with Gasteiger partial charge in [-0.25, -0.2) is 0 Å². The van der Waals surface area contributed by atoms with E-state index in [9.17, 15) is 9.59 Å². The van der Waals surface area contributed by atoms with Gasteiger partial charge in [0.05, 0.1) is 0 Å². The lowest BCUT2D eigenvalue weighted by atomic mass is 9.93. The predicted molar refractivity (Wildman–Crippen MR) is 60.5 cm³/mol. The highest BCUT2D eigenvalue weighted by Gasteiger charge is 2.39. The standard InChI is InChI=1S/C12H18N2O2/c1-8(15)13-4-5-14-12(16)11-7-9-2-3-10(11)6-9/h2-3,9-11H,4-7H2,1H3,(H,13,15)(H,14,16). The van der Waals surface area contributed by atoms with Crippen LogP contribution in [-0.2, 0) is 9.59 Å². The minimum absolute atomic E-state index is 0.0582. The van der Waals surface area contributed by atoms with Crippen molar-refractivity contribution < 1.29 is 9.59 Å². The fourth-order valence-corrected chi connectivity index (χ4v) is 2.64. The zero-order valence-electron chi connectivity index (χ0n) is 9.53. The Bertz CT molecular complexity index is 325. The molecule has 0 aromatic carbocycles. The van der Waals surface area contributed by atoms with Gasteiger partial charge in [-0.2, -0.15) is 0 Å². The third-order valence-electron chi connectivity index (χ3n) is 3.41. The van der Waals surface area contributed by atoms with Gasteiger partial charge in [0.2, 0.25) is 11.8 Å². The molecular weight excluding hydrogens is 204 g/mol. The maximum atomic E-state index is 11.8. The van der Waals surface area contributed by atoms with Crippen molar-refractivity contribution >= 4 is 11.8 Å². The molecule has 0 spiro atoms. The van der Waals surface area contributed by atoms with Crippen LogP contribution in [0.1, 0.15) is 19.8 Å². The molecule has 2 N–H and O–H groups in total. The molecule has 16 heavy (non-hydrogen) atoms. The van der Waals surface area contributed by atoms with E-state index < -0.39 is 0 Å². The number of carbonyl (C=O) groups is 2. The molecule has 1 saturated carbocycles. The van der Waals surface area contributed by atoms with Crippen LogP contribution in [0.15, 0.2) is 12.2 Å². The van der Waals surface area contributed by atoms with Crippen LogP contribution in [-0.4, -0.2) is 24.9 Å². The molecule has 88 valence electrons. The van der Waals surface area contributed by atoms with Gasteiger partial charge >= 0.3 is 0 Å². The van der Waals surface area contributed by atoms with Crippen molar-refractivity contribution in [2.24, 2.45) is 17.8 Å². The fourth-order valence-electron chi connectivity index (χ4n) is 2.64. The molecule has 4 nitrogen and oxygen atoms in total.